The molecule has 2 heterocycles. The largest absolute Gasteiger partial charge is 0.472 e. The van der Waals surface area contributed by atoms with E-state index >= 15 is 0 Å². The van der Waals surface area contributed by atoms with Gasteiger partial charge in [-0.1, -0.05) is 17.7 Å². The fraction of sp³-hybridized carbons (Fsp3) is 0.571. The molecule has 0 aromatic carbocycles. The van der Waals surface area contributed by atoms with Gasteiger partial charge < -0.3 is 9.47 Å². The van der Waals surface area contributed by atoms with Gasteiger partial charge in [-0.25, -0.2) is 0 Å². The van der Waals surface area contributed by atoms with Crippen LogP contribution in [0.1, 0.15) is 12.8 Å². The van der Waals surface area contributed by atoms with E-state index in [4.69, 9.17) is 21.1 Å². The first kappa shape index (κ1) is 15.2. The molecule has 1 aromatic rings. The third-order valence-electron chi connectivity index (χ3n) is 3.15. The summed E-state index contributed by atoms with van der Waals surface area (Å²) >= 11 is 5.72. The molecule has 1 saturated heterocycles. The number of allylic oxidation sites excluding steroid dienone is 1. The number of nitrogens with zero attached hydrogens (tertiary/aromatic N) is 3. The van der Waals surface area contributed by atoms with E-state index in [9.17, 15) is 0 Å². The Kier molecular flexibility index (Phi) is 6.24. The highest BCUT2D eigenvalue weighted by atomic mass is 35.5. The summed E-state index contributed by atoms with van der Waals surface area (Å²) in [6, 6.07) is 3.43. The van der Waals surface area contributed by atoms with Crippen molar-refractivity contribution >= 4 is 11.6 Å². The van der Waals surface area contributed by atoms with Gasteiger partial charge in [-0.15, -0.1) is 16.8 Å². The fourth-order valence-electron chi connectivity index (χ4n) is 2.10. The Morgan fingerprint density at radius 2 is 2.20 bits per heavy atom. The van der Waals surface area contributed by atoms with Gasteiger partial charge in [0.05, 0.1) is 13.2 Å². The van der Waals surface area contributed by atoms with E-state index in [0.717, 1.165) is 45.7 Å². The Morgan fingerprint density at radius 3 is 2.85 bits per heavy atom. The minimum atomic E-state index is 0.0709. The minimum absolute atomic E-state index is 0.0709. The molecule has 1 aliphatic rings. The topological polar surface area (TPSA) is 47.5 Å². The molecule has 1 fully saturated rings. The van der Waals surface area contributed by atoms with Crippen molar-refractivity contribution in [3.63, 3.8) is 0 Å². The number of hydrogen-bond acceptors (Lipinski definition) is 5. The number of rotatable bonds is 7. The van der Waals surface area contributed by atoms with Gasteiger partial charge in [0.25, 0.3) is 0 Å². The smallest absolute Gasteiger partial charge is 0.233 e. The Labute approximate surface area is 124 Å². The lowest BCUT2D eigenvalue weighted by atomic mass is 10.2. The Bertz CT molecular complexity index is 407. The van der Waals surface area contributed by atoms with Crippen molar-refractivity contribution in [1.29, 1.82) is 0 Å². The first-order chi connectivity index (χ1) is 9.78. The third kappa shape index (κ3) is 5.07. The van der Waals surface area contributed by atoms with Crippen LogP contribution in [0.15, 0.2) is 24.8 Å². The molecular weight excluding hydrogens is 278 g/mol. The van der Waals surface area contributed by atoms with Crippen LogP contribution in [0.2, 0.25) is 5.15 Å². The van der Waals surface area contributed by atoms with Crippen LogP contribution >= 0.6 is 11.6 Å². The van der Waals surface area contributed by atoms with Crippen molar-refractivity contribution < 1.29 is 9.47 Å². The first-order valence-electron chi connectivity index (χ1n) is 6.85. The van der Waals surface area contributed by atoms with Gasteiger partial charge in [0.1, 0.15) is 6.10 Å². The molecule has 20 heavy (non-hydrogen) atoms. The normalized spacial score (nSPS) is 17.6. The van der Waals surface area contributed by atoms with Crippen molar-refractivity contribution in [3.8, 4) is 5.88 Å². The van der Waals surface area contributed by atoms with Crippen LogP contribution in [0, 0.1) is 0 Å². The number of halogens is 1. The minimum Gasteiger partial charge on any atom is -0.472 e. The predicted molar refractivity (Wildman–Crippen MR) is 78.1 cm³/mol. The summed E-state index contributed by atoms with van der Waals surface area (Å²) < 4.78 is 11.3. The Balaban J connectivity index is 1.91. The van der Waals surface area contributed by atoms with Crippen LogP contribution in [-0.2, 0) is 4.74 Å². The van der Waals surface area contributed by atoms with Crippen LogP contribution in [-0.4, -0.2) is 54.0 Å². The molecule has 110 valence electrons. The highest BCUT2D eigenvalue weighted by molar-refractivity contribution is 6.29. The lowest BCUT2D eigenvalue weighted by Crippen LogP contribution is -2.42. The molecule has 0 radical (unpaired) electrons. The van der Waals surface area contributed by atoms with Crippen LogP contribution in [0.5, 0.6) is 5.88 Å². The van der Waals surface area contributed by atoms with Gasteiger partial charge in [0.2, 0.25) is 5.88 Å². The highest BCUT2D eigenvalue weighted by Gasteiger charge is 2.18. The molecule has 0 bridgehead atoms. The van der Waals surface area contributed by atoms with E-state index in [2.05, 4.69) is 21.7 Å². The maximum atomic E-state index is 5.91. The number of hydrogen-bond donors (Lipinski definition) is 0. The SMILES string of the molecule is C=CCC[C@H](CN1CCOCC1)Oc1ccc(Cl)nn1. The second-order valence-corrected chi connectivity index (χ2v) is 5.10. The zero-order valence-electron chi connectivity index (χ0n) is 11.5. The van der Waals surface area contributed by atoms with Gasteiger partial charge in [-0.3, -0.25) is 4.90 Å². The monoisotopic (exact) mass is 297 g/mol. The lowest BCUT2D eigenvalue weighted by Gasteiger charge is -2.30. The lowest BCUT2D eigenvalue weighted by molar-refractivity contribution is 0.0173. The maximum absolute atomic E-state index is 5.91. The van der Waals surface area contributed by atoms with Crippen molar-refractivity contribution in [3.05, 3.63) is 29.9 Å². The standard InChI is InChI=1S/C14H20ClN3O2/c1-2-3-4-12(11-18-7-9-19-10-8-18)20-14-6-5-13(15)16-17-14/h2,5-6,12H,1,3-4,7-11H2/t12-/m1/s1. The van der Waals surface area contributed by atoms with E-state index in [1.165, 1.54) is 0 Å². The quantitative estimate of drug-likeness (QED) is 0.722. The van der Waals surface area contributed by atoms with Crippen molar-refractivity contribution in [2.75, 3.05) is 32.8 Å². The molecule has 1 aliphatic heterocycles. The second kappa shape index (κ2) is 8.19. The average molecular weight is 298 g/mol. The Morgan fingerprint density at radius 1 is 1.40 bits per heavy atom. The number of morpholine rings is 1. The predicted octanol–water partition coefficient (Wildman–Crippen LogP) is 2.18. The summed E-state index contributed by atoms with van der Waals surface area (Å²) in [5.74, 6) is 0.511. The molecule has 0 amide bonds. The van der Waals surface area contributed by atoms with Gasteiger partial charge in [-0.05, 0) is 18.9 Å². The van der Waals surface area contributed by atoms with Gasteiger partial charge in [0.15, 0.2) is 5.15 Å². The van der Waals surface area contributed by atoms with E-state index in [0.29, 0.717) is 11.0 Å². The number of ether oxygens (including phenoxy) is 2. The second-order valence-electron chi connectivity index (χ2n) is 4.71. The maximum Gasteiger partial charge on any atom is 0.233 e. The van der Waals surface area contributed by atoms with Gasteiger partial charge >= 0.3 is 0 Å². The summed E-state index contributed by atoms with van der Waals surface area (Å²) in [4.78, 5) is 2.35. The van der Waals surface area contributed by atoms with E-state index in [1.807, 2.05) is 6.08 Å². The van der Waals surface area contributed by atoms with E-state index < -0.39 is 0 Å². The zero-order chi connectivity index (χ0) is 14.2. The average Bonchev–Trinajstić information content (AvgIpc) is 2.48. The van der Waals surface area contributed by atoms with Crippen LogP contribution < -0.4 is 4.74 Å². The molecule has 0 N–H and O–H groups in total. The summed E-state index contributed by atoms with van der Waals surface area (Å²) in [6.07, 6.45) is 3.80. The van der Waals surface area contributed by atoms with Gasteiger partial charge in [0, 0.05) is 25.7 Å². The Hall–Kier alpha value is -1.17. The van der Waals surface area contributed by atoms with Crippen molar-refractivity contribution in [1.82, 2.24) is 15.1 Å². The molecule has 0 spiro atoms. The molecule has 0 saturated carbocycles. The number of aromatic nitrogens is 2. The van der Waals surface area contributed by atoms with E-state index in [-0.39, 0.29) is 6.10 Å². The van der Waals surface area contributed by atoms with Crippen LogP contribution in [0.25, 0.3) is 0 Å². The summed E-state index contributed by atoms with van der Waals surface area (Å²) in [5.41, 5.74) is 0. The van der Waals surface area contributed by atoms with Gasteiger partial charge in [-0.2, -0.15) is 0 Å². The fourth-order valence-corrected chi connectivity index (χ4v) is 2.20. The molecule has 1 atom stereocenters. The molecule has 2 rings (SSSR count). The van der Waals surface area contributed by atoms with Crippen LogP contribution in [0.4, 0.5) is 0 Å². The first-order valence-corrected chi connectivity index (χ1v) is 7.22. The van der Waals surface area contributed by atoms with Crippen molar-refractivity contribution in [2.24, 2.45) is 0 Å². The molecule has 0 aliphatic carbocycles. The molecule has 1 aromatic heterocycles. The molecule has 0 unspecified atom stereocenters. The van der Waals surface area contributed by atoms with Crippen molar-refractivity contribution in [2.45, 2.75) is 18.9 Å². The third-order valence-corrected chi connectivity index (χ3v) is 3.35. The van der Waals surface area contributed by atoms with Crippen LogP contribution in [0.3, 0.4) is 0 Å². The highest BCUT2D eigenvalue weighted by Crippen LogP contribution is 2.14. The van der Waals surface area contributed by atoms with E-state index in [1.54, 1.807) is 12.1 Å². The zero-order valence-corrected chi connectivity index (χ0v) is 12.3. The molecule has 5 nitrogen and oxygen atoms in total. The summed E-state index contributed by atoms with van der Waals surface area (Å²) in [7, 11) is 0. The molecular formula is C14H20ClN3O2. The molecule has 6 heteroatoms. The summed E-state index contributed by atoms with van der Waals surface area (Å²) in [6.45, 7) is 8.09. The summed E-state index contributed by atoms with van der Waals surface area (Å²) in [5, 5.41) is 8.11.